The first kappa shape index (κ1) is 12.2. The Morgan fingerprint density at radius 2 is 1.79 bits per heavy atom. The number of halogens is 1. The van der Waals surface area contributed by atoms with Gasteiger partial charge in [0.15, 0.2) is 0 Å². The number of aromatic nitrogens is 1. The summed E-state index contributed by atoms with van der Waals surface area (Å²) in [5, 5.41) is 1.06. The molecule has 0 spiro atoms. The summed E-state index contributed by atoms with van der Waals surface area (Å²) >= 11 is 3.53. The molecular weight excluding hydrogens is 302 g/mol. The Labute approximate surface area is 120 Å². The lowest BCUT2D eigenvalue weighted by Gasteiger charge is -2.09. The van der Waals surface area contributed by atoms with Crippen molar-refractivity contribution >= 4 is 26.8 Å². The van der Waals surface area contributed by atoms with Crippen LogP contribution in [0.15, 0.2) is 65.3 Å². The Morgan fingerprint density at radius 1 is 0.947 bits per heavy atom. The van der Waals surface area contributed by atoms with E-state index in [-0.39, 0.29) is 0 Å². The summed E-state index contributed by atoms with van der Waals surface area (Å²) in [6.45, 7) is 0.550. The zero-order valence-electron chi connectivity index (χ0n) is 10.2. The predicted molar refractivity (Wildman–Crippen MR) is 80.2 cm³/mol. The molecule has 3 heteroatoms. The molecule has 94 valence electrons. The Bertz CT molecular complexity index is 697. The van der Waals surface area contributed by atoms with Crippen molar-refractivity contribution < 1.29 is 4.74 Å². The number of ether oxygens (including phenoxy) is 1. The first-order valence-electron chi connectivity index (χ1n) is 6.04. The van der Waals surface area contributed by atoms with Crippen molar-refractivity contribution in [1.82, 2.24) is 4.98 Å². The van der Waals surface area contributed by atoms with E-state index in [4.69, 9.17) is 4.74 Å². The van der Waals surface area contributed by atoms with Crippen molar-refractivity contribution in [1.29, 1.82) is 0 Å². The fourth-order valence-corrected chi connectivity index (χ4v) is 2.42. The number of fused-ring (bicyclic) bond motifs is 1. The van der Waals surface area contributed by atoms with E-state index in [2.05, 4.69) is 33.0 Å². The van der Waals surface area contributed by atoms with Crippen LogP contribution in [0.5, 0.6) is 5.75 Å². The SMILES string of the molecule is Brc1ccc(OCc2ccccc2)c2ncccc12. The van der Waals surface area contributed by atoms with Crippen LogP contribution in [0.3, 0.4) is 0 Å². The minimum Gasteiger partial charge on any atom is -0.487 e. The highest BCUT2D eigenvalue weighted by atomic mass is 79.9. The van der Waals surface area contributed by atoms with Crippen LogP contribution in [0.2, 0.25) is 0 Å². The van der Waals surface area contributed by atoms with Gasteiger partial charge in [-0.05, 0) is 23.8 Å². The lowest BCUT2D eigenvalue weighted by molar-refractivity contribution is 0.309. The van der Waals surface area contributed by atoms with Crippen LogP contribution in [0.4, 0.5) is 0 Å². The summed E-state index contributed by atoms with van der Waals surface area (Å²) in [6, 6.07) is 18.0. The monoisotopic (exact) mass is 313 g/mol. The number of hydrogen-bond donors (Lipinski definition) is 0. The summed E-state index contributed by atoms with van der Waals surface area (Å²) < 4.78 is 6.91. The molecular formula is C16H12BrNO. The Balaban J connectivity index is 1.91. The predicted octanol–water partition coefficient (Wildman–Crippen LogP) is 4.58. The number of nitrogens with zero attached hydrogens (tertiary/aromatic N) is 1. The molecule has 0 aliphatic carbocycles. The zero-order chi connectivity index (χ0) is 13.1. The van der Waals surface area contributed by atoms with Gasteiger partial charge in [0.25, 0.3) is 0 Å². The first-order chi connectivity index (χ1) is 9.34. The molecule has 1 heterocycles. The van der Waals surface area contributed by atoms with Crippen molar-refractivity contribution in [2.45, 2.75) is 6.61 Å². The van der Waals surface area contributed by atoms with E-state index in [1.165, 1.54) is 0 Å². The van der Waals surface area contributed by atoms with E-state index in [0.29, 0.717) is 6.61 Å². The molecule has 0 bridgehead atoms. The second kappa shape index (κ2) is 5.41. The van der Waals surface area contributed by atoms with Crippen LogP contribution >= 0.6 is 15.9 Å². The molecule has 0 fully saturated rings. The molecule has 0 unspecified atom stereocenters. The molecule has 0 aliphatic heterocycles. The van der Waals surface area contributed by atoms with E-state index in [9.17, 15) is 0 Å². The molecule has 3 aromatic rings. The largest absolute Gasteiger partial charge is 0.487 e. The van der Waals surface area contributed by atoms with E-state index < -0.39 is 0 Å². The second-order valence-corrected chi connectivity index (χ2v) is 5.07. The van der Waals surface area contributed by atoms with Gasteiger partial charge in [0.2, 0.25) is 0 Å². The lowest BCUT2D eigenvalue weighted by Crippen LogP contribution is -1.96. The number of pyridine rings is 1. The fourth-order valence-electron chi connectivity index (χ4n) is 1.96. The summed E-state index contributed by atoms with van der Waals surface area (Å²) in [5.41, 5.74) is 2.03. The Hall–Kier alpha value is -1.87. The zero-order valence-corrected chi connectivity index (χ0v) is 11.8. The highest BCUT2D eigenvalue weighted by Gasteiger charge is 2.06. The highest BCUT2D eigenvalue weighted by Crippen LogP contribution is 2.30. The molecule has 2 aromatic carbocycles. The van der Waals surface area contributed by atoms with Crippen LogP contribution in [0.25, 0.3) is 10.9 Å². The quantitative estimate of drug-likeness (QED) is 0.706. The average Bonchev–Trinajstić information content (AvgIpc) is 2.48. The van der Waals surface area contributed by atoms with Gasteiger partial charge in [0.05, 0.1) is 0 Å². The molecule has 0 aliphatic rings. The van der Waals surface area contributed by atoms with Crippen molar-refractivity contribution in [3.8, 4) is 5.75 Å². The van der Waals surface area contributed by atoms with Gasteiger partial charge in [0, 0.05) is 16.1 Å². The van der Waals surface area contributed by atoms with Gasteiger partial charge in [-0.1, -0.05) is 52.3 Å². The Morgan fingerprint density at radius 3 is 2.63 bits per heavy atom. The molecule has 0 radical (unpaired) electrons. The smallest absolute Gasteiger partial charge is 0.146 e. The van der Waals surface area contributed by atoms with Crippen molar-refractivity contribution in [3.05, 3.63) is 70.8 Å². The third kappa shape index (κ3) is 2.61. The van der Waals surface area contributed by atoms with Gasteiger partial charge in [-0.3, -0.25) is 4.98 Å². The van der Waals surface area contributed by atoms with Crippen molar-refractivity contribution in [2.24, 2.45) is 0 Å². The van der Waals surface area contributed by atoms with Crippen LogP contribution < -0.4 is 4.74 Å². The van der Waals surface area contributed by atoms with Gasteiger partial charge in [0.1, 0.15) is 17.9 Å². The second-order valence-electron chi connectivity index (χ2n) is 4.22. The summed E-state index contributed by atoms with van der Waals surface area (Å²) in [5.74, 6) is 0.808. The third-order valence-corrected chi connectivity index (χ3v) is 3.61. The summed E-state index contributed by atoms with van der Waals surface area (Å²) in [4.78, 5) is 4.40. The molecule has 0 saturated heterocycles. The normalized spacial score (nSPS) is 10.6. The van der Waals surface area contributed by atoms with Gasteiger partial charge in [-0.25, -0.2) is 0 Å². The molecule has 0 atom stereocenters. The number of hydrogen-bond acceptors (Lipinski definition) is 2. The van der Waals surface area contributed by atoms with E-state index in [1.807, 2.05) is 42.5 Å². The summed E-state index contributed by atoms with van der Waals surface area (Å²) in [6.07, 6.45) is 1.78. The maximum absolute atomic E-state index is 5.88. The van der Waals surface area contributed by atoms with E-state index in [0.717, 1.165) is 26.7 Å². The molecule has 0 amide bonds. The molecule has 3 rings (SSSR count). The van der Waals surface area contributed by atoms with E-state index in [1.54, 1.807) is 6.20 Å². The highest BCUT2D eigenvalue weighted by molar-refractivity contribution is 9.10. The minimum absolute atomic E-state index is 0.550. The molecule has 0 N–H and O–H groups in total. The van der Waals surface area contributed by atoms with Gasteiger partial charge >= 0.3 is 0 Å². The topological polar surface area (TPSA) is 22.1 Å². The maximum Gasteiger partial charge on any atom is 0.146 e. The fraction of sp³-hybridized carbons (Fsp3) is 0.0625. The van der Waals surface area contributed by atoms with Crippen LogP contribution in [-0.2, 0) is 6.61 Å². The van der Waals surface area contributed by atoms with Crippen molar-refractivity contribution in [2.75, 3.05) is 0 Å². The van der Waals surface area contributed by atoms with E-state index >= 15 is 0 Å². The maximum atomic E-state index is 5.88. The molecule has 0 saturated carbocycles. The lowest BCUT2D eigenvalue weighted by atomic mass is 10.2. The van der Waals surface area contributed by atoms with Gasteiger partial charge in [-0.2, -0.15) is 0 Å². The first-order valence-corrected chi connectivity index (χ1v) is 6.84. The van der Waals surface area contributed by atoms with Crippen LogP contribution in [-0.4, -0.2) is 4.98 Å². The van der Waals surface area contributed by atoms with Crippen molar-refractivity contribution in [3.63, 3.8) is 0 Å². The van der Waals surface area contributed by atoms with Crippen LogP contribution in [0, 0.1) is 0 Å². The van der Waals surface area contributed by atoms with Gasteiger partial charge < -0.3 is 4.74 Å². The Kier molecular flexibility index (Phi) is 3.47. The summed E-state index contributed by atoms with van der Waals surface area (Å²) in [7, 11) is 0. The molecule has 2 nitrogen and oxygen atoms in total. The van der Waals surface area contributed by atoms with Gasteiger partial charge in [-0.15, -0.1) is 0 Å². The average molecular weight is 314 g/mol. The minimum atomic E-state index is 0.550. The third-order valence-electron chi connectivity index (χ3n) is 2.92. The number of benzene rings is 2. The molecule has 19 heavy (non-hydrogen) atoms. The molecule has 1 aromatic heterocycles. The van der Waals surface area contributed by atoms with Crippen LogP contribution in [0.1, 0.15) is 5.56 Å². The number of rotatable bonds is 3. The standard InChI is InChI=1S/C16H12BrNO/c17-14-8-9-15(16-13(14)7-4-10-18-16)19-11-12-5-2-1-3-6-12/h1-10H,11H2.